The van der Waals surface area contributed by atoms with E-state index >= 15 is 0 Å². The summed E-state index contributed by atoms with van der Waals surface area (Å²) in [5.74, 6) is -1.55. The largest absolute Gasteiger partial charge is 0.507 e. The van der Waals surface area contributed by atoms with Crippen molar-refractivity contribution in [3.63, 3.8) is 0 Å². The Hall–Kier alpha value is -3.68. The van der Waals surface area contributed by atoms with Crippen LogP contribution in [0.3, 0.4) is 0 Å². The summed E-state index contributed by atoms with van der Waals surface area (Å²) in [4.78, 5) is 31.8. The summed E-state index contributed by atoms with van der Waals surface area (Å²) in [6.07, 6.45) is 2.36. The van der Waals surface area contributed by atoms with Gasteiger partial charge in [-0.1, -0.05) is 19.1 Å². The van der Waals surface area contributed by atoms with Gasteiger partial charge in [-0.3, -0.25) is 14.6 Å². The summed E-state index contributed by atoms with van der Waals surface area (Å²) < 4.78 is 5.76. The summed E-state index contributed by atoms with van der Waals surface area (Å²) in [5, 5.41) is 21.0. The van der Waals surface area contributed by atoms with E-state index in [0.717, 1.165) is 12.0 Å². The van der Waals surface area contributed by atoms with Crippen LogP contribution in [-0.2, 0) is 4.79 Å². The first-order valence-corrected chi connectivity index (χ1v) is 8.72. The number of carbonyl (C=O) groups excluding carboxylic acids is 1. The number of fused-ring (bicyclic) bond motifs is 1. The number of amides is 1. The number of carboxylic acids is 1. The molecule has 3 N–H and O–H groups in total. The van der Waals surface area contributed by atoms with Crippen LogP contribution in [0, 0.1) is 0 Å². The van der Waals surface area contributed by atoms with Crippen LogP contribution in [0.5, 0.6) is 11.5 Å². The number of hydrogen-bond acceptors (Lipinski definition) is 6. The van der Waals surface area contributed by atoms with Crippen molar-refractivity contribution in [1.82, 2.24) is 15.3 Å². The lowest BCUT2D eigenvalue weighted by Gasteiger charge is -2.12. The normalized spacial score (nSPS) is 10.6. The summed E-state index contributed by atoms with van der Waals surface area (Å²) in [5.41, 5.74) is 1.77. The molecule has 0 saturated heterocycles. The summed E-state index contributed by atoms with van der Waals surface area (Å²) in [6.45, 7) is 2.02. The number of nitrogens with one attached hydrogen (secondary N) is 1. The van der Waals surface area contributed by atoms with Crippen molar-refractivity contribution in [3.05, 3.63) is 48.2 Å². The van der Waals surface area contributed by atoms with E-state index in [1.54, 1.807) is 6.07 Å². The molecule has 2 aromatic carbocycles. The number of rotatable bonds is 7. The zero-order valence-corrected chi connectivity index (χ0v) is 15.2. The fourth-order valence-corrected chi connectivity index (χ4v) is 2.69. The SMILES string of the molecule is CCCOc1ccccc1-c1cnc2c(C(=O)NCC(=O)O)c(O)ccc2n1. The monoisotopic (exact) mass is 381 g/mol. The van der Waals surface area contributed by atoms with Gasteiger partial charge in [-0.2, -0.15) is 0 Å². The van der Waals surface area contributed by atoms with Gasteiger partial charge in [-0.05, 0) is 30.7 Å². The Labute approximate surface area is 160 Å². The van der Waals surface area contributed by atoms with Crippen molar-refractivity contribution in [1.29, 1.82) is 0 Å². The van der Waals surface area contributed by atoms with Gasteiger partial charge in [0.2, 0.25) is 0 Å². The molecule has 0 aliphatic rings. The van der Waals surface area contributed by atoms with E-state index in [1.807, 2.05) is 31.2 Å². The van der Waals surface area contributed by atoms with Crippen LogP contribution in [0.2, 0.25) is 0 Å². The minimum atomic E-state index is -1.19. The van der Waals surface area contributed by atoms with Gasteiger partial charge in [0.1, 0.15) is 29.1 Å². The van der Waals surface area contributed by atoms with E-state index in [9.17, 15) is 14.7 Å². The van der Waals surface area contributed by atoms with E-state index in [4.69, 9.17) is 9.84 Å². The first kappa shape index (κ1) is 19.1. The Morgan fingerprint density at radius 2 is 1.96 bits per heavy atom. The van der Waals surface area contributed by atoms with Gasteiger partial charge in [0.25, 0.3) is 5.91 Å². The fraction of sp³-hybridized carbons (Fsp3) is 0.200. The van der Waals surface area contributed by atoms with Crippen LogP contribution in [0.15, 0.2) is 42.6 Å². The van der Waals surface area contributed by atoms with Crippen molar-refractivity contribution in [2.24, 2.45) is 0 Å². The molecule has 0 aliphatic heterocycles. The maximum absolute atomic E-state index is 12.3. The Morgan fingerprint density at radius 1 is 1.18 bits per heavy atom. The summed E-state index contributed by atoms with van der Waals surface area (Å²) >= 11 is 0. The number of carbonyl (C=O) groups is 2. The van der Waals surface area contributed by atoms with Crippen LogP contribution in [-0.4, -0.2) is 45.2 Å². The van der Waals surface area contributed by atoms with Crippen LogP contribution in [0.1, 0.15) is 23.7 Å². The number of aromatic nitrogens is 2. The number of phenols is 1. The zero-order chi connectivity index (χ0) is 20.1. The predicted molar refractivity (Wildman–Crippen MR) is 102 cm³/mol. The van der Waals surface area contributed by atoms with E-state index in [2.05, 4.69) is 15.3 Å². The second-order valence-electron chi connectivity index (χ2n) is 6.00. The predicted octanol–water partition coefficient (Wildman–Crippen LogP) is 2.61. The molecular formula is C20H19N3O5. The molecule has 0 aliphatic carbocycles. The quantitative estimate of drug-likeness (QED) is 0.575. The summed E-state index contributed by atoms with van der Waals surface area (Å²) in [7, 11) is 0. The number of carboxylic acid groups (broad SMARTS) is 1. The number of aliphatic carboxylic acids is 1. The van der Waals surface area contributed by atoms with Crippen molar-refractivity contribution in [3.8, 4) is 22.8 Å². The van der Waals surface area contributed by atoms with Gasteiger partial charge in [0.05, 0.1) is 24.0 Å². The Morgan fingerprint density at radius 3 is 2.71 bits per heavy atom. The highest BCUT2D eigenvalue weighted by Gasteiger charge is 2.19. The highest BCUT2D eigenvalue weighted by atomic mass is 16.5. The standard InChI is InChI=1S/C20H19N3O5/c1-2-9-28-16-6-4-3-5-12(16)14-10-21-19-13(23-14)7-8-15(24)18(19)20(27)22-11-17(25)26/h3-8,10,24H,2,9,11H2,1H3,(H,22,27)(H,25,26). The summed E-state index contributed by atoms with van der Waals surface area (Å²) in [6, 6.07) is 10.3. The molecule has 1 aromatic heterocycles. The smallest absolute Gasteiger partial charge is 0.322 e. The number of para-hydroxylation sites is 1. The first-order chi connectivity index (χ1) is 13.5. The molecule has 8 nitrogen and oxygen atoms in total. The third-order valence-corrected chi connectivity index (χ3v) is 3.94. The lowest BCUT2D eigenvalue weighted by atomic mass is 10.1. The Balaban J connectivity index is 2.03. The lowest BCUT2D eigenvalue weighted by Crippen LogP contribution is -2.29. The molecule has 0 atom stereocenters. The third-order valence-electron chi connectivity index (χ3n) is 3.94. The molecular weight excluding hydrogens is 362 g/mol. The number of nitrogens with zero attached hydrogens (tertiary/aromatic N) is 2. The molecule has 0 radical (unpaired) electrons. The molecule has 0 fully saturated rings. The molecule has 0 spiro atoms. The molecule has 1 amide bonds. The maximum atomic E-state index is 12.3. The molecule has 0 saturated carbocycles. The molecule has 28 heavy (non-hydrogen) atoms. The maximum Gasteiger partial charge on any atom is 0.322 e. The Bertz CT molecular complexity index is 1040. The second-order valence-corrected chi connectivity index (χ2v) is 6.00. The van der Waals surface area contributed by atoms with Gasteiger partial charge in [-0.15, -0.1) is 0 Å². The van der Waals surface area contributed by atoms with Crippen LogP contribution >= 0.6 is 0 Å². The highest BCUT2D eigenvalue weighted by molar-refractivity contribution is 6.08. The van der Waals surface area contributed by atoms with E-state index in [-0.39, 0.29) is 16.8 Å². The highest BCUT2D eigenvalue weighted by Crippen LogP contribution is 2.31. The minimum absolute atomic E-state index is 0.117. The average Bonchev–Trinajstić information content (AvgIpc) is 2.70. The zero-order valence-electron chi connectivity index (χ0n) is 15.2. The molecule has 0 bridgehead atoms. The number of hydrogen-bond donors (Lipinski definition) is 3. The number of aromatic hydroxyl groups is 1. The molecule has 3 aromatic rings. The fourth-order valence-electron chi connectivity index (χ4n) is 2.69. The minimum Gasteiger partial charge on any atom is -0.507 e. The van der Waals surface area contributed by atoms with Crippen LogP contribution < -0.4 is 10.1 Å². The molecule has 3 rings (SSSR count). The third kappa shape index (κ3) is 4.01. The number of benzene rings is 2. The van der Waals surface area contributed by atoms with Gasteiger partial charge in [0, 0.05) is 5.56 Å². The molecule has 1 heterocycles. The lowest BCUT2D eigenvalue weighted by molar-refractivity contribution is -0.135. The number of phenolic OH excluding ortho intramolecular Hbond substituents is 1. The first-order valence-electron chi connectivity index (χ1n) is 8.72. The van der Waals surface area contributed by atoms with Crippen molar-refractivity contribution in [2.75, 3.05) is 13.2 Å². The van der Waals surface area contributed by atoms with Gasteiger partial charge >= 0.3 is 5.97 Å². The molecule has 8 heteroatoms. The van der Waals surface area contributed by atoms with Crippen LogP contribution in [0.4, 0.5) is 0 Å². The topological polar surface area (TPSA) is 122 Å². The second kappa shape index (κ2) is 8.34. The van der Waals surface area contributed by atoms with Crippen LogP contribution in [0.25, 0.3) is 22.3 Å². The Kier molecular flexibility index (Phi) is 5.69. The van der Waals surface area contributed by atoms with Crippen molar-refractivity contribution in [2.45, 2.75) is 13.3 Å². The molecule has 0 unspecified atom stereocenters. The van der Waals surface area contributed by atoms with Gasteiger partial charge in [-0.25, -0.2) is 4.98 Å². The van der Waals surface area contributed by atoms with E-state index < -0.39 is 18.4 Å². The van der Waals surface area contributed by atoms with E-state index in [1.165, 1.54) is 12.3 Å². The van der Waals surface area contributed by atoms with Gasteiger partial charge in [0.15, 0.2) is 0 Å². The van der Waals surface area contributed by atoms with Gasteiger partial charge < -0.3 is 20.3 Å². The average molecular weight is 381 g/mol. The molecule has 144 valence electrons. The number of ether oxygens (including phenoxy) is 1. The van der Waals surface area contributed by atoms with Crippen molar-refractivity contribution < 1.29 is 24.5 Å². The van der Waals surface area contributed by atoms with E-state index in [0.29, 0.717) is 23.6 Å². The van der Waals surface area contributed by atoms with Crippen molar-refractivity contribution >= 4 is 22.9 Å².